The van der Waals surface area contributed by atoms with Crippen LogP contribution in [-0.2, 0) is 6.42 Å². The molecule has 2 aromatic rings. The average Bonchev–Trinajstić information content (AvgIpc) is 2.75. The molecule has 0 aliphatic carbocycles. The summed E-state index contributed by atoms with van der Waals surface area (Å²) in [4.78, 5) is 4.41. The van der Waals surface area contributed by atoms with Gasteiger partial charge in [-0.05, 0) is 26.0 Å². The van der Waals surface area contributed by atoms with Crippen LogP contribution in [0.3, 0.4) is 0 Å². The Bertz CT molecular complexity index is 556. The molecule has 2 nitrogen and oxygen atoms in total. The standard InChI is InChI=1S/C14H16BrFN2S/c1-9(13-4-3-11(15)7-14(13)16)17-6-5-12-8-19-10(2)18-12/h3-4,7-9,17H,5-6H2,1-2H3. The van der Waals surface area contributed by atoms with Crippen LogP contribution in [-0.4, -0.2) is 11.5 Å². The Kier molecular flexibility index (Phi) is 5.07. The summed E-state index contributed by atoms with van der Waals surface area (Å²) in [7, 11) is 0. The summed E-state index contributed by atoms with van der Waals surface area (Å²) in [5.41, 5.74) is 1.79. The van der Waals surface area contributed by atoms with E-state index >= 15 is 0 Å². The van der Waals surface area contributed by atoms with Gasteiger partial charge in [0.15, 0.2) is 0 Å². The van der Waals surface area contributed by atoms with Crippen molar-refractivity contribution in [3.8, 4) is 0 Å². The first-order valence-electron chi connectivity index (χ1n) is 6.15. The lowest BCUT2D eigenvalue weighted by Gasteiger charge is -2.14. The molecule has 5 heteroatoms. The molecule has 0 fully saturated rings. The molecule has 2 rings (SSSR count). The highest BCUT2D eigenvalue weighted by Crippen LogP contribution is 2.20. The van der Waals surface area contributed by atoms with E-state index in [0.717, 1.165) is 28.1 Å². The molecule has 0 spiro atoms. The van der Waals surface area contributed by atoms with Crippen molar-refractivity contribution in [2.45, 2.75) is 26.3 Å². The molecule has 0 bridgehead atoms. The zero-order valence-electron chi connectivity index (χ0n) is 10.9. The van der Waals surface area contributed by atoms with E-state index in [-0.39, 0.29) is 11.9 Å². The topological polar surface area (TPSA) is 24.9 Å². The van der Waals surface area contributed by atoms with Gasteiger partial charge in [0.05, 0.1) is 10.7 Å². The van der Waals surface area contributed by atoms with E-state index in [9.17, 15) is 4.39 Å². The average molecular weight is 343 g/mol. The second kappa shape index (κ2) is 6.59. The maximum atomic E-state index is 13.8. The molecule has 102 valence electrons. The number of nitrogens with zero attached hydrogens (tertiary/aromatic N) is 1. The van der Waals surface area contributed by atoms with Crippen LogP contribution >= 0.6 is 27.3 Å². The van der Waals surface area contributed by atoms with Gasteiger partial charge in [0.2, 0.25) is 0 Å². The van der Waals surface area contributed by atoms with Crippen LogP contribution < -0.4 is 5.32 Å². The van der Waals surface area contributed by atoms with Crippen LogP contribution in [0.15, 0.2) is 28.1 Å². The van der Waals surface area contributed by atoms with Crippen LogP contribution in [0.5, 0.6) is 0 Å². The van der Waals surface area contributed by atoms with Crippen molar-refractivity contribution < 1.29 is 4.39 Å². The first-order chi connectivity index (χ1) is 9.06. The zero-order valence-corrected chi connectivity index (χ0v) is 13.3. The molecule has 1 atom stereocenters. The van der Waals surface area contributed by atoms with Gasteiger partial charge in [0.1, 0.15) is 5.82 Å². The van der Waals surface area contributed by atoms with Crippen LogP contribution in [0.4, 0.5) is 4.39 Å². The van der Waals surface area contributed by atoms with Gasteiger partial charge < -0.3 is 5.32 Å². The lowest BCUT2D eigenvalue weighted by molar-refractivity contribution is 0.529. The van der Waals surface area contributed by atoms with Crippen LogP contribution in [0.1, 0.15) is 29.2 Å². The Morgan fingerprint density at radius 3 is 2.89 bits per heavy atom. The molecule has 0 aliphatic rings. The molecule has 1 aromatic heterocycles. The largest absolute Gasteiger partial charge is 0.310 e. The molecule has 19 heavy (non-hydrogen) atoms. The van der Waals surface area contributed by atoms with Crippen LogP contribution in [0, 0.1) is 12.7 Å². The van der Waals surface area contributed by atoms with Crippen molar-refractivity contribution >= 4 is 27.3 Å². The molecule has 0 saturated heterocycles. The van der Waals surface area contributed by atoms with Gasteiger partial charge in [0.25, 0.3) is 0 Å². The van der Waals surface area contributed by atoms with Crippen molar-refractivity contribution in [1.29, 1.82) is 0 Å². The van der Waals surface area contributed by atoms with Crippen molar-refractivity contribution in [3.63, 3.8) is 0 Å². The molecule has 0 amide bonds. The highest BCUT2D eigenvalue weighted by Gasteiger charge is 2.10. The predicted molar refractivity (Wildman–Crippen MR) is 81.1 cm³/mol. The SMILES string of the molecule is Cc1nc(CCNC(C)c2ccc(Br)cc2F)cs1. The number of aromatic nitrogens is 1. The van der Waals surface area contributed by atoms with Gasteiger partial charge in [0, 0.05) is 34.4 Å². The monoisotopic (exact) mass is 342 g/mol. The highest BCUT2D eigenvalue weighted by molar-refractivity contribution is 9.10. The van der Waals surface area contributed by atoms with Crippen LogP contribution in [0.2, 0.25) is 0 Å². The van der Waals surface area contributed by atoms with E-state index in [1.54, 1.807) is 11.3 Å². The minimum absolute atomic E-state index is 0.00664. The second-order valence-electron chi connectivity index (χ2n) is 4.45. The molecular weight excluding hydrogens is 327 g/mol. The van der Waals surface area contributed by atoms with E-state index in [2.05, 4.69) is 31.6 Å². The third-order valence-electron chi connectivity index (χ3n) is 2.93. The number of rotatable bonds is 5. The lowest BCUT2D eigenvalue weighted by Crippen LogP contribution is -2.22. The fourth-order valence-electron chi connectivity index (χ4n) is 1.90. The van der Waals surface area contributed by atoms with E-state index in [1.807, 2.05) is 26.0 Å². The maximum Gasteiger partial charge on any atom is 0.129 e. The van der Waals surface area contributed by atoms with Gasteiger partial charge in [-0.15, -0.1) is 11.3 Å². The molecule has 1 aromatic carbocycles. The summed E-state index contributed by atoms with van der Waals surface area (Å²) < 4.78 is 14.5. The number of thiazole rings is 1. The number of hydrogen-bond donors (Lipinski definition) is 1. The second-order valence-corrected chi connectivity index (χ2v) is 6.43. The highest BCUT2D eigenvalue weighted by atomic mass is 79.9. The van der Waals surface area contributed by atoms with Crippen molar-refractivity contribution in [2.24, 2.45) is 0 Å². The first kappa shape index (κ1) is 14.6. The van der Waals surface area contributed by atoms with Gasteiger partial charge in [-0.2, -0.15) is 0 Å². The Morgan fingerprint density at radius 1 is 1.47 bits per heavy atom. The van der Waals surface area contributed by atoms with E-state index in [0.29, 0.717) is 5.56 Å². The number of aryl methyl sites for hydroxylation is 1. The first-order valence-corrected chi connectivity index (χ1v) is 7.83. The summed E-state index contributed by atoms with van der Waals surface area (Å²) in [5.74, 6) is -0.182. The van der Waals surface area contributed by atoms with Gasteiger partial charge in [-0.25, -0.2) is 9.37 Å². The Balaban J connectivity index is 1.88. The van der Waals surface area contributed by atoms with Gasteiger partial charge >= 0.3 is 0 Å². The number of nitrogens with one attached hydrogen (secondary N) is 1. The Hall–Kier alpha value is -0.780. The third-order valence-corrected chi connectivity index (χ3v) is 4.24. The normalized spacial score (nSPS) is 12.6. The molecule has 1 N–H and O–H groups in total. The minimum atomic E-state index is -0.182. The summed E-state index contributed by atoms with van der Waals surface area (Å²) in [6, 6.07) is 5.16. The Labute approximate surface area is 125 Å². The summed E-state index contributed by atoms with van der Waals surface area (Å²) in [6.45, 7) is 4.76. The van der Waals surface area contributed by atoms with Crippen molar-refractivity contribution in [2.75, 3.05) is 6.54 Å². The van der Waals surface area contributed by atoms with E-state index in [4.69, 9.17) is 0 Å². The Morgan fingerprint density at radius 2 is 2.26 bits per heavy atom. The maximum absolute atomic E-state index is 13.8. The van der Waals surface area contributed by atoms with E-state index in [1.165, 1.54) is 6.07 Å². The predicted octanol–water partition coefficient (Wildman–Crippen LogP) is 4.25. The van der Waals surface area contributed by atoms with E-state index < -0.39 is 0 Å². The van der Waals surface area contributed by atoms with Crippen molar-refractivity contribution in [1.82, 2.24) is 10.3 Å². The lowest BCUT2D eigenvalue weighted by atomic mass is 10.1. The molecule has 0 saturated carbocycles. The molecule has 1 heterocycles. The quantitative estimate of drug-likeness (QED) is 0.878. The third kappa shape index (κ3) is 4.09. The minimum Gasteiger partial charge on any atom is -0.310 e. The summed E-state index contributed by atoms with van der Waals surface area (Å²) >= 11 is 4.92. The summed E-state index contributed by atoms with van der Waals surface area (Å²) in [5, 5.41) is 6.48. The van der Waals surface area contributed by atoms with Crippen molar-refractivity contribution in [3.05, 3.63) is 50.1 Å². The van der Waals surface area contributed by atoms with Crippen LogP contribution in [0.25, 0.3) is 0 Å². The smallest absolute Gasteiger partial charge is 0.129 e. The number of hydrogen-bond acceptors (Lipinski definition) is 3. The number of halogens is 2. The molecule has 0 radical (unpaired) electrons. The fraction of sp³-hybridized carbons (Fsp3) is 0.357. The molecule has 0 aliphatic heterocycles. The summed E-state index contributed by atoms with van der Waals surface area (Å²) in [6.07, 6.45) is 0.868. The molecular formula is C14H16BrFN2S. The van der Waals surface area contributed by atoms with Gasteiger partial charge in [-0.3, -0.25) is 0 Å². The zero-order chi connectivity index (χ0) is 13.8. The number of benzene rings is 1. The molecule has 1 unspecified atom stereocenters. The van der Waals surface area contributed by atoms with Gasteiger partial charge in [-0.1, -0.05) is 22.0 Å². The fourth-order valence-corrected chi connectivity index (χ4v) is 2.88.